The summed E-state index contributed by atoms with van der Waals surface area (Å²) in [6.07, 6.45) is 0.912. The summed E-state index contributed by atoms with van der Waals surface area (Å²) in [6.45, 7) is 5.11. The molecule has 0 aliphatic carbocycles. The number of morpholine rings is 1. The predicted molar refractivity (Wildman–Crippen MR) is 87.7 cm³/mol. The number of carbonyl (C=O) groups is 1. The zero-order chi connectivity index (χ0) is 16.7. The third-order valence-corrected chi connectivity index (χ3v) is 4.00. The first kappa shape index (κ1) is 17.8. The van der Waals surface area contributed by atoms with Crippen LogP contribution < -0.4 is 5.32 Å². The molecule has 1 fully saturated rings. The van der Waals surface area contributed by atoms with E-state index in [1.54, 1.807) is 12.1 Å². The highest BCUT2D eigenvalue weighted by molar-refractivity contribution is 5.83. The largest absolute Gasteiger partial charge is 0.379 e. The van der Waals surface area contributed by atoms with E-state index in [4.69, 9.17) is 4.74 Å². The van der Waals surface area contributed by atoms with Gasteiger partial charge >= 0.3 is 0 Å². The normalized spacial score (nSPS) is 17.2. The molecule has 1 aliphatic heterocycles. The second kappa shape index (κ2) is 8.96. The van der Waals surface area contributed by atoms with E-state index in [1.807, 2.05) is 19.0 Å². The highest BCUT2D eigenvalue weighted by atomic mass is 19.1. The third kappa shape index (κ3) is 5.57. The van der Waals surface area contributed by atoms with Crippen LogP contribution in [-0.2, 0) is 9.53 Å². The van der Waals surface area contributed by atoms with Gasteiger partial charge in [-0.3, -0.25) is 14.6 Å². The van der Waals surface area contributed by atoms with Gasteiger partial charge in [-0.2, -0.15) is 0 Å². The molecule has 1 amide bonds. The summed E-state index contributed by atoms with van der Waals surface area (Å²) >= 11 is 0. The zero-order valence-corrected chi connectivity index (χ0v) is 13.9. The summed E-state index contributed by atoms with van der Waals surface area (Å²) in [5.74, 6) is -0.347. The monoisotopic (exact) mass is 323 g/mol. The first-order valence-electron chi connectivity index (χ1n) is 8.07. The number of benzene rings is 1. The number of halogens is 1. The lowest BCUT2D eigenvalue weighted by Crippen LogP contribution is -2.40. The van der Waals surface area contributed by atoms with Gasteiger partial charge in [-0.25, -0.2) is 4.39 Å². The van der Waals surface area contributed by atoms with Crippen LogP contribution in [0.5, 0.6) is 0 Å². The van der Waals surface area contributed by atoms with E-state index in [9.17, 15) is 9.18 Å². The Morgan fingerprint density at radius 1 is 1.30 bits per heavy atom. The van der Waals surface area contributed by atoms with Crippen molar-refractivity contribution in [2.24, 2.45) is 0 Å². The van der Waals surface area contributed by atoms with Crippen molar-refractivity contribution < 1.29 is 13.9 Å². The Hall–Kier alpha value is -1.50. The van der Waals surface area contributed by atoms with Gasteiger partial charge in [0.25, 0.3) is 0 Å². The van der Waals surface area contributed by atoms with E-state index in [1.165, 1.54) is 12.1 Å². The zero-order valence-electron chi connectivity index (χ0n) is 13.9. The van der Waals surface area contributed by atoms with Crippen molar-refractivity contribution in [3.05, 3.63) is 35.6 Å². The number of nitrogens with zero attached hydrogens (tertiary/aromatic N) is 2. The van der Waals surface area contributed by atoms with Crippen LogP contribution in [0.4, 0.5) is 4.39 Å². The molecule has 1 atom stereocenters. The number of nitrogens with one attached hydrogen (secondary N) is 1. The maximum atomic E-state index is 13.0. The van der Waals surface area contributed by atoms with Crippen LogP contribution in [-0.4, -0.2) is 69.2 Å². The van der Waals surface area contributed by atoms with Crippen molar-refractivity contribution in [1.29, 1.82) is 0 Å². The molecule has 6 heteroatoms. The number of amides is 1. The lowest BCUT2D eigenvalue weighted by atomic mass is 10.1. The Morgan fingerprint density at radius 3 is 2.57 bits per heavy atom. The van der Waals surface area contributed by atoms with Gasteiger partial charge in [0.1, 0.15) is 11.9 Å². The molecule has 0 spiro atoms. The van der Waals surface area contributed by atoms with Gasteiger partial charge in [-0.15, -0.1) is 0 Å². The standard InChI is InChI=1S/C17H26FN3O2/c1-20(2)16(14-4-6-15(18)7-5-14)17(22)19-8-3-9-21-10-12-23-13-11-21/h4-7,16H,3,8-13H2,1-2H3,(H,19,22)/t16-/m0/s1. The molecule has 1 heterocycles. The van der Waals surface area contributed by atoms with Crippen molar-refractivity contribution in [3.8, 4) is 0 Å². The van der Waals surface area contributed by atoms with Crippen LogP contribution in [0.1, 0.15) is 18.0 Å². The van der Waals surface area contributed by atoms with Crippen molar-refractivity contribution >= 4 is 5.91 Å². The fraction of sp³-hybridized carbons (Fsp3) is 0.588. The Morgan fingerprint density at radius 2 is 1.96 bits per heavy atom. The minimum absolute atomic E-state index is 0.0522. The lowest BCUT2D eigenvalue weighted by Gasteiger charge is -2.27. The van der Waals surface area contributed by atoms with Crippen molar-refractivity contribution in [2.45, 2.75) is 12.5 Å². The molecule has 0 unspecified atom stereocenters. The molecule has 1 aliphatic rings. The summed E-state index contributed by atoms with van der Waals surface area (Å²) in [5, 5.41) is 2.98. The summed E-state index contributed by atoms with van der Waals surface area (Å²) in [6, 6.07) is 5.69. The lowest BCUT2D eigenvalue weighted by molar-refractivity contribution is -0.125. The Bertz CT molecular complexity index is 487. The Labute approximate surface area is 137 Å². The van der Waals surface area contributed by atoms with E-state index in [-0.39, 0.29) is 11.7 Å². The molecule has 2 rings (SSSR count). The minimum atomic E-state index is -0.404. The third-order valence-electron chi connectivity index (χ3n) is 4.00. The van der Waals surface area contributed by atoms with Crippen LogP contribution in [0, 0.1) is 5.82 Å². The number of rotatable bonds is 7. The highest BCUT2D eigenvalue weighted by Crippen LogP contribution is 2.18. The topological polar surface area (TPSA) is 44.8 Å². The molecule has 128 valence electrons. The van der Waals surface area contributed by atoms with Crippen molar-refractivity contribution in [3.63, 3.8) is 0 Å². The molecule has 1 saturated heterocycles. The van der Waals surface area contributed by atoms with Crippen molar-refractivity contribution in [1.82, 2.24) is 15.1 Å². The molecule has 0 saturated carbocycles. The Balaban J connectivity index is 1.80. The summed E-state index contributed by atoms with van der Waals surface area (Å²) in [4.78, 5) is 16.6. The van der Waals surface area contributed by atoms with Gasteiger partial charge in [0.05, 0.1) is 13.2 Å². The maximum Gasteiger partial charge on any atom is 0.241 e. The van der Waals surface area contributed by atoms with Gasteiger partial charge in [-0.1, -0.05) is 12.1 Å². The molecule has 0 radical (unpaired) electrons. The number of hydrogen-bond donors (Lipinski definition) is 1. The second-order valence-corrected chi connectivity index (χ2v) is 6.02. The van der Waals surface area contributed by atoms with Gasteiger partial charge in [0.15, 0.2) is 0 Å². The van der Waals surface area contributed by atoms with E-state index in [0.29, 0.717) is 6.54 Å². The maximum absolute atomic E-state index is 13.0. The fourth-order valence-corrected chi connectivity index (χ4v) is 2.76. The Kier molecular flexibility index (Phi) is 6.95. The van der Waals surface area contributed by atoms with E-state index in [2.05, 4.69) is 10.2 Å². The van der Waals surface area contributed by atoms with E-state index in [0.717, 1.165) is 44.8 Å². The average Bonchev–Trinajstić information content (AvgIpc) is 2.54. The highest BCUT2D eigenvalue weighted by Gasteiger charge is 2.22. The summed E-state index contributed by atoms with van der Waals surface area (Å²) in [7, 11) is 3.70. The second-order valence-electron chi connectivity index (χ2n) is 6.02. The molecule has 0 aromatic heterocycles. The predicted octanol–water partition coefficient (Wildman–Crippen LogP) is 1.27. The first-order valence-corrected chi connectivity index (χ1v) is 8.07. The molecule has 1 N–H and O–H groups in total. The molecular weight excluding hydrogens is 297 g/mol. The molecule has 1 aromatic carbocycles. The average molecular weight is 323 g/mol. The molecular formula is C17H26FN3O2. The molecule has 1 aromatic rings. The fourth-order valence-electron chi connectivity index (χ4n) is 2.76. The van der Waals surface area contributed by atoms with E-state index >= 15 is 0 Å². The van der Waals surface area contributed by atoms with Crippen LogP contribution in [0.15, 0.2) is 24.3 Å². The van der Waals surface area contributed by atoms with Gasteiger partial charge in [0, 0.05) is 19.6 Å². The van der Waals surface area contributed by atoms with Gasteiger partial charge < -0.3 is 10.1 Å². The summed E-state index contributed by atoms with van der Waals surface area (Å²) in [5.41, 5.74) is 0.794. The number of carbonyl (C=O) groups excluding carboxylic acids is 1. The van der Waals surface area contributed by atoms with Crippen LogP contribution in [0.25, 0.3) is 0 Å². The SMILES string of the molecule is CN(C)[C@H](C(=O)NCCCN1CCOCC1)c1ccc(F)cc1. The first-order chi connectivity index (χ1) is 11.1. The van der Waals surface area contributed by atoms with Crippen LogP contribution in [0.2, 0.25) is 0 Å². The summed E-state index contributed by atoms with van der Waals surface area (Å²) < 4.78 is 18.4. The van der Waals surface area contributed by atoms with Gasteiger partial charge in [0.2, 0.25) is 5.91 Å². The number of ether oxygens (including phenoxy) is 1. The van der Waals surface area contributed by atoms with Crippen molar-refractivity contribution in [2.75, 3.05) is 53.5 Å². The minimum Gasteiger partial charge on any atom is -0.379 e. The van der Waals surface area contributed by atoms with Crippen LogP contribution >= 0.6 is 0 Å². The molecule has 23 heavy (non-hydrogen) atoms. The van der Waals surface area contributed by atoms with Gasteiger partial charge in [-0.05, 0) is 44.8 Å². The number of likely N-dealkylation sites (N-methyl/N-ethyl adjacent to an activating group) is 1. The quantitative estimate of drug-likeness (QED) is 0.768. The molecule has 5 nitrogen and oxygen atoms in total. The van der Waals surface area contributed by atoms with E-state index < -0.39 is 6.04 Å². The molecule has 0 bridgehead atoms. The van der Waals surface area contributed by atoms with Crippen LogP contribution in [0.3, 0.4) is 0 Å². The number of hydrogen-bond acceptors (Lipinski definition) is 4. The smallest absolute Gasteiger partial charge is 0.241 e.